The average Bonchev–Trinajstić information content (AvgIpc) is 3.03. The maximum atomic E-state index is 12.6. The molecule has 0 aliphatic rings. The number of methoxy groups -OCH3 is 1. The Morgan fingerprint density at radius 3 is 2.47 bits per heavy atom. The second-order valence-electron chi connectivity index (χ2n) is 6.39. The van der Waals surface area contributed by atoms with Gasteiger partial charge in [-0.05, 0) is 43.3 Å². The van der Waals surface area contributed by atoms with Crippen LogP contribution in [-0.4, -0.2) is 43.0 Å². The zero-order valence-electron chi connectivity index (χ0n) is 17.0. The van der Waals surface area contributed by atoms with Crippen molar-refractivity contribution in [3.63, 3.8) is 0 Å². The number of nitrogens with one attached hydrogen (secondary N) is 1. The maximum Gasteiger partial charge on any atom is 0.345 e. The third-order valence-corrected chi connectivity index (χ3v) is 5.94. The molecule has 0 atom stereocenters. The van der Waals surface area contributed by atoms with E-state index in [0.717, 1.165) is 5.56 Å². The number of para-hydroxylation sites is 1. The fourth-order valence-corrected chi connectivity index (χ4v) is 4.10. The normalized spacial score (nSPS) is 11.4. The van der Waals surface area contributed by atoms with E-state index in [-0.39, 0.29) is 29.4 Å². The highest BCUT2D eigenvalue weighted by Gasteiger charge is 2.19. The number of sulfonamides is 1. The smallest absolute Gasteiger partial charge is 0.345 e. The second kappa shape index (κ2) is 9.14. The molecule has 3 aromatic rings. The topological polar surface area (TPSA) is 104 Å². The number of hydrogen-bond donors (Lipinski definition) is 1. The summed E-state index contributed by atoms with van der Waals surface area (Å²) in [4.78, 5) is 12.5. The molecule has 1 N–H and O–H groups in total. The van der Waals surface area contributed by atoms with Crippen molar-refractivity contribution in [2.45, 2.75) is 18.4 Å². The lowest BCUT2D eigenvalue weighted by molar-refractivity contribution is 0.331. The Morgan fingerprint density at radius 2 is 1.80 bits per heavy atom. The molecular formula is C20H24N4O5S. The van der Waals surface area contributed by atoms with Crippen molar-refractivity contribution in [2.24, 2.45) is 7.05 Å². The molecular weight excluding hydrogens is 408 g/mol. The summed E-state index contributed by atoms with van der Waals surface area (Å²) in [5, 5.41) is 4.34. The van der Waals surface area contributed by atoms with Crippen LogP contribution in [0.3, 0.4) is 0 Å². The van der Waals surface area contributed by atoms with Crippen molar-refractivity contribution in [1.29, 1.82) is 0 Å². The molecule has 1 aromatic heterocycles. The summed E-state index contributed by atoms with van der Waals surface area (Å²) in [5.74, 6) is 1.46. The Kier molecular flexibility index (Phi) is 6.58. The van der Waals surface area contributed by atoms with Gasteiger partial charge in [-0.1, -0.05) is 12.1 Å². The van der Waals surface area contributed by atoms with Crippen molar-refractivity contribution >= 4 is 10.0 Å². The van der Waals surface area contributed by atoms with Crippen LogP contribution in [-0.2, 0) is 23.6 Å². The van der Waals surface area contributed by atoms with E-state index in [4.69, 9.17) is 9.47 Å². The quantitative estimate of drug-likeness (QED) is 0.551. The Balaban J connectivity index is 1.74. The van der Waals surface area contributed by atoms with E-state index in [1.807, 2.05) is 0 Å². The predicted molar refractivity (Wildman–Crippen MR) is 112 cm³/mol. The van der Waals surface area contributed by atoms with Gasteiger partial charge >= 0.3 is 5.69 Å². The fraction of sp³-hybridized carbons (Fsp3) is 0.300. The molecule has 0 bridgehead atoms. The van der Waals surface area contributed by atoms with Crippen LogP contribution in [0.5, 0.6) is 11.5 Å². The lowest BCUT2D eigenvalue weighted by atomic mass is 10.2. The molecule has 0 saturated carbocycles. The van der Waals surface area contributed by atoms with Crippen molar-refractivity contribution in [1.82, 2.24) is 19.1 Å². The van der Waals surface area contributed by atoms with Gasteiger partial charge in [0.05, 0.1) is 20.3 Å². The van der Waals surface area contributed by atoms with E-state index < -0.39 is 10.0 Å². The molecule has 2 aromatic carbocycles. The third-order valence-electron chi connectivity index (χ3n) is 4.44. The molecule has 0 radical (unpaired) electrons. The molecule has 0 saturated heterocycles. The number of hydrogen-bond acceptors (Lipinski definition) is 6. The number of rotatable bonds is 9. The first-order valence-corrected chi connectivity index (χ1v) is 10.9. The molecule has 0 unspecified atom stereocenters. The minimum absolute atomic E-state index is 0.00175. The standard InChI is InChI=1S/C20H24N4O5S/c1-4-29-17-7-5-6-8-18(17)30(26,27)21-13-14-24-20(25)23(2)19(22-24)15-9-11-16(28-3)12-10-15/h5-12,21H,4,13-14H2,1-3H3. The van der Waals surface area contributed by atoms with Crippen molar-refractivity contribution in [3.05, 3.63) is 59.0 Å². The highest BCUT2D eigenvalue weighted by molar-refractivity contribution is 7.89. The number of ether oxygens (including phenoxy) is 2. The molecule has 3 rings (SSSR count). The Hall–Kier alpha value is -3.11. The summed E-state index contributed by atoms with van der Waals surface area (Å²) in [5.41, 5.74) is 0.412. The number of nitrogens with zero attached hydrogens (tertiary/aromatic N) is 3. The first kappa shape index (κ1) is 21.6. The molecule has 0 aliphatic carbocycles. The van der Waals surface area contributed by atoms with Crippen LogP contribution >= 0.6 is 0 Å². The SMILES string of the molecule is CCOc1ccccc1S(=O)(=O)NCCn1nc(-c2ccc(OC)cc2)n(C)c1=O. The van der Waals surface area contributed by atoms with Crippen molar-refractivity contribution in [3.8, 4) is 22.9 Å². The molecule has 10 heteroatoms. The Bertz CT molecular complexity index is 1170. The molecule has 160 valence electrons. The number of aromatic nitrogens is 3. The molecule has 1 heterocycles. The van der Waals surface area contributed by atoms with Crippen LogP contribution in [0, 0.1) is 0 Å². The van der Waals surface area contributed by atoms with E-state index in [1.54, 1.807) is 63.5 Å². The van der Waals surface area contributed by atoms with Crippen molar-refractivity contribution < 1.29 is 17.9 Å². The molecule has 0 fully saturated rings. The van der Waals surface area contributed by atoms with Crippen LogP contribution in [0.1, 0.15) is 6.92 Å². The average molecular weight is 433 g/mol. The summed E-state index contributed by atoms with van der Waals surface area (Å²) >= 11 is 0. The third kappa shape index (κ3) is 4.55. The molecule has 9 nitrogen and oxygen atoms in total. The van der Waals surface area contributed by atoms with Crippen LogP contribution in [0.4, 0.5) is 0 Å². The predicted octanol–water partition coefficient (Wildman–Crippen LogP) is 1.63. The lowest BCUT2D eigenvalue weighted by Crippen LogP contribution is -2.32. The largest absolute Gasteiger partial charge is 0.497 e. The van der Waals surface area contributed by atoms with Gasteiger partial charge in [0.15, 0.2) is 5.82 Å². The summed E-state index contributed by atoms with van der Waals surface area (Å²) in [6.45, 7) is 2.22. The first-order valence-electron chi connectivity index (χ1n) is 9.37. The highest BCUT2D eigenvalue weighted by atomic mass is 32.2. The molecule has 30 heavy (non-hydrogen) atoms. The Labute approximate surface area is 174 Å². The zero-order chi connectivity index (χ0) is 21.7. The molecule has 0 amide bonds. The number of benzene rings is 2. The van der Waals surface area contributed by atoms with Crippen LogP contribution in [0.15, 0.2) is 58.2 Å². The summed E-state index contributed by atoms with van der Waals surface area (Å²) in [6, 6.07) is 13.6. The van der Waals surface area contributed by atoms with E-state index in [2.05, 4.69) is 9.82 Å². The first-order chi connectivity index (χ1) is 14.4. The Morgan fingerprint density at radius 1 is 1.10 bits per heavy atom. The maximum absolute atomic E-state index is 12.6. The fourth-order valence-electron chi connectivity index (χ4n) is 2.94. The second-order valence-corrected chi connectivity index (χ2v) is 8.13. The van der Waals surface area contributed by atoms with Gasteiger partial charge < -0.3 is 9.47 Å². The van der Waals surface area contributed by atoms with Crippen LogP contribution in [0.25, 0.3) is 11.4 Å². The highest BCUT2D eigenvalue weighted by Crippen LogP contribution is 2.23. The lowest BCUT2D eigenvalue weighted by Gasteiger charge is -2.11. The minimum Gasteiger partial charge on any atom is -0.497 e. The zero-order valence-corrected chi connectivity index (χ0v) is 17.8. The van der Waals surface area contributed by atoms with Gasteiger partial charge in [-0.2, -0.15) is 0 Å². The summed E-state index contributed by atoms with van der Waals surface area (Å²) < 4.78 is 41.0. The van der Waals surface area contributed by atoms with Gasteiger partial charge in [-0.3, -0.25) is 4.57 Å². The van der Waals surface area contributed by atoms with E-state index >= 15 is 0 Å². The van der Waals surface area contributed by atoms with Gasteiger partial charge in [0.25, 0.3) is 0 Å². The van der Waals surface area contributed by atoms with Crippen LogP contribution in [0.2, 0.25) is 0 Å². The van der Waals surface area contributed by atoms with Crippen LogP contribution < -0.4 is 19.9 Å². The summed E-state index contributed by atoms with van der Waals surface area (Å²) in [6.07, 6.45) is 0. The van der Waals surface area contributed by atoms with Gasteiger partial charge in [-0.25, -0.2) is 22.6 Å². The monoisotopic (exact) mass is 432 g/mol. The molecule has 0 aliphatic heterocycles. The van der Waals surface area contributed by atoms with E-state index in [9.17, 15) is 13.2 Å². The van der Waals surface area contributed by atoms with Gasteiger partial charge in [0.1, 0.15) is 16.4 Å². The van der Waals surface area contributed by atoms with Gasteiger partial charge in [0, 0.05) is 19.2 Å². The van der Waals surface area contributed by atoms with E-state index in [1.165, 1.54) is 15.3 Å². The minimum atomic E-state index is -3.80. The summed E-state index contributed by atoms with van der Waals surface area (Å²) in [7, 11) is -0.603. The van der Waals surface area contributed by atoms with Crippen molar-refractivity contribution in [2.75, 3.05) is 20.3 Å². The van der Waals surface area contributed by atoms with Gasteiger partial charge in [-0.15, -0.1) is 5.10 Å². The molecule has 0 spiro atoms. The van der Waals surface area contributed by atoms with E-state index in [0.29, 0.717) is 18.2 Å². The van der Waals surface area contributed by atoms with Gasteiger partial charge in [0.2, 0.25) is 10.0 Å².